The van der Waals surface area contributed by atoms with Crippen molar-refractivity contribution in [2.24, 2.45) is 0 Å². The molecule has 0 amide bonds. The molecule has 0 aromatic rings. The smallest absolute Gasteiger partial charge is 0.316 e. The maximum atomic E-state index is 11.2. The molecule has 0 saturated heterocycles. The number of hydrogen-bond acceptors (Lipinski definition) is 7. The highest BCUT2D eigenvalue weighted by atomic mass is 32.2. The zero-order valence-corrected chi connectivity index (χ0v) is 14.5. The first-order chi connectivity index (χ1) is 10.2. The largest absolute Gasteiger partial charge is 0.461 e. The van der Waals surface area contributed by atoms with Crippen LogP contribution in [0, 0.1) is 0 Å². The Bertz CT molecular complexity index is 291. The quantitative estimate of drug-likeness (QED) is 0.271. The van der Waals surface area contributed by atoms with Crippen LogP contribution in [-0.2, 0) is 19.1 Å². The van der Waals surface area contributed by atoms with E-state index in [9.17, 15) is 9.59 Å². The first-order valence-electron chi connectivity index (χ1n) is 6.47. The molecule has 4 nitrogen and oxygen atoms in total. The van der Waals surface area contributed by atoms with E-state index in [1.54, 1.807) is 35.7 Å². The Balaban J connectivity index is 3.22. The molecule has 0 aliphatic rings. The van der Waals surface area contributed by atoms with E-state index in [2.05, 4.69) is 13.2 Å². The van der Waals surface area contributed by atoms with Crippen LogP contribution in [0.2, 0.25) is 0 Å². The Hall–Kier alpha value is -0.530. The minimum Gasteiger partial charge on any atom is -0.461 e. The third-order valence-corrected chi connectivity index (χ3v) is 5.28. The van der Waals surface area contributed by atoms with Crippen molar-refractivity contribution >= 4 is 47.2 Å². The highest BCUT2D eigenvalue weighted by molar-refractivity contribution is 8.04. The van der Waals surface area contributed by atoms with E-state index in [1.165, 1.54) is 0 Å². The van der Waals surface area contributed by atoms with Crippen molar-refractivity contribution in [3.63, 3.8) is 0 Å². The van der Waals surface area contributed by atoms with Crippen LogP contribution in [0.25, 0.3) is 0 Å². The number of rotatable bonds is 14. The molecule has 0 atom stereocenters. The number of carbonyl (C=O) groups is 2. The lowest BCUT2D eigenvalue weighted by Gasteiger charge is -2.03. The molecule has 0 aliphatic heterocycles. The maximum absolute atomic E-state index is 11.2. The normalized spacial score (nSPS) is 9.90. The summed E-state index contributed by atoms with van der Waals surface area (Å²) >= 11 is 4.95. The number of esters is 2. The lowest BCUT2D eigenvalue weighted by molar-refractivity contribution is -0.140. The predicted octanol–water partition coefficient (Wildman–Crippen LogP) is 2.64. The van der Waals surface area contributed by atoms with E-state index in [0.29, 0.717) is 11.5 Å². The van der Waals surface area contributed by atoms with Gasteiger partial charge in [0.2, 0.25) is 0 Å². The third-order valence-electron chi connectivity index (χ3n) is 1.91. The average molecular weight is 351 g/mol. The Kier molecular flexibility index (Phi) is 15.5. The molecule has 0 saturated carbocycles. The minimum absolute atomic E-state index is 0.196. The van der Waals surface area contributed by atoms with Gasteiger partial charge in [-0.1, -0.05) is 25.3 Å². The Morgan fingerprint density at radius 3 is 1.52 bits per heavy atom. The van der Waals surface area contributed by atoms with Gasteiger partial charge in [0.25, 0.3) is 0 Å². The molecule has 0 heterocycles. The Morgan fingerprint density at radius 1 is 0.762 bits per heavy atom. The van der Waals surface area contributed by atoms with Crippen LogP contribution in [0.15, 0.2) is 25.3 Å². The fourth-order valence-corrected chi connectivity index (χ4v) is 3.91. The molecule has 0 fully saturated rings. The van der Waals surface area contributed by atoms with Crippen LogP contribution in [-0.4, -0.2) is 59.7 Å². The van der Waals surface area contributed by atoms with E-state index in [1.807, 2.05) is 11.8 Å². The van der Waals surface area contributed by atoms with E-state index < -0.39 is 0 Å². The van der Waals surface area contributed by atoms with Gasteiger partial charge in [0.05, 0.1) is 11.5 Å². The fourth-order valence-electron chi connectivity index (χ4n) is 1.04. The van der Waals surface area contributed by atoms with E-state index in [-0.39, 0.29) is 25.2 Å². The van der Waals surface area contributed by atoms with Crippen LogP contribution in [0.4, 0.5) is 0 Å². The molecule has 0 unspecified atom stereocenters. The van der Waals surface area contributed by atoms with Crippen molar-refractivity contribution in [1.29, 1.82) is 0 Å². The van der Waals surface area contributed by atoms with Crippen LogP contribution in [0.3, 0.4) is 0 Å². The summed E-state index contributed by atoms with van der Waals surface area (Å²) in [7, 11) is 0. The molecule has 0 aromatic heterocycles. The van der Waals surface area contributed by atoms with Gasteiger partial charge >= 0.3 is 11.9 Å². The Labute approximate surface area is 139 Å². The van der Waals surface area contributed by atoms with E-state index in [4.69, 9.17) is 9.47 Å². The lowest BCUT2D eigenvalue weighted by Crippen LogP contribution is -2.08. The second-order valence-corrected chi connectivity index (χ2v) is 7.10. The van der Waals surface area contributed by atoms with Crippen LogP contribution in [0.5, 0.6) is 0 Å². The molecule has 0 bridgehead atoms. The summed E-state index contributed by atoms with van der Waals surface area (Å²) in [6.07, 6.45) is 3.12. The molecule has 0 aliphatic carbocycles. The summed E-state index contributed by atoms with van der Waals surface area (Å²) in [5.41, 5.74) is 0. The van der Waals surface area contributed by atoms with Gasteiger partial charge < -0.3 is 9.47 Å². The topological polar surface area (TPSA) is 52.6 Å². The first kappa shape index (κ1) is 20.5. The second-order valence-electron chi connectivity index (χ2n) is 3.66. The molecule has 0 radical (unpaired) electrons. The maximum Gasteiger partial charge on any atom is 0.316 e. The number of ether oxygens (including phenoxy) is 2. The summed E-state index contributed by atoms with van der Waals surface area (Å²) in [5, 5.41) is 0. The lowest BCUT2D eigenvalue weighted by atomic mass is 10.7. The summed E-state index contributed by atoms with van der Waals surface area (Å²) in [6.45, 7) is 7.52. The van der Waals surface area contributed by atoms with Gasteiger partial charge in [-0.2, -0.15) is 11.8 Å². The molecule has 7 heteroatoms. The zero-order chi connectivity index (χ0) is 15.8. The third kappa shape index (κ3) is 15.7. The second kappa shape index (κ2) is 15.9. The number of hydrogen-bond donors (Lipinski definition) is 0. The number of thioether (sulfide) groups is 3. The van der Waals surface area contributed by atoms with Gasteiger partial charge in [-0.3, -0.25) is 9.59 Å². The standard InChI is InChI=1S/C14H22O4S3/c1-3-5-17-13(15)11-20-9-7-19-8-10-21-12-14(16)18-6-4-2/h3-4H,1-2,5-12H2. The highest BCUT2D eigenvalue weighted by Crippen LogP contribution is 2.10. The van der Waals surface area contributed by atoms with Crippen LogP contribution >= 0.6 is 35.3 Å². The molecule has 0 aromatic carbocycles. The van der Waals surface area contributed by atoms with Crippen molar-refractivity contribution in [2.75, 3.05) is 47.7 Å². The molecule has 21 heavy (non-hydrogen) atoms. The van der Waals surface area contributed by atoms with Crippen molar-refractivity contribution in [3.8, 4) is 0 Å². The molecular formula is C14H22O4S3. The van der Waals surface area contributed by atoms with Crippen molar-refractivity contribution in [1.82, 2.24) is 0 Å². The van der Waals surface area contributed by atoms with Gasteiger partial charge in [-0.05, 0) is 0 Å². The summed E-state index contributed by atoms with van der Waals surface area (Å²) in [4.78, 5) is 22.3. The monoisotopic (exact) mass is 350 g/mol. The number of carbonyl (C=O) groups excluding carboxylic acids is 2. The summed E-state index contributed by atoms with van der Waals surface area (Å²) in [6, 6.07) is 0. The molecule has 0 spiro atoms. The van der Waals surface area contributed by atoms with Gasteiger partial charge in [-0.25, -0.2) is 0 Å². The van der Waals surface area contributed by atoms with Crippen molar-refractivity contribution in [2.45, 2.75) is 0 Å². The van der Waals surface area contributed by atoms with E-state index >= 15 is 0 Å². The van der Waals surface area contributed by atoms with Crippen molar-refractivity contribution in [3.05, 3.63) is 25.3 Å². The highest BCUT2D eigenvalue weighted by Gasteiger charge is 2.03. The Morgan fingerprint density at radius 2 is 1.14 bits per heavy atom. The SMILES string of the molecule is C=CCOC(=O)CSCCSCCSCC(=O)OCC=C. The zero-order valence-electron chi connectivity index (χ0n) is 12.1. The van der Waals surface area contributed by atoms with Gasteiger partial charge in [-0.15, -0.1) is 23.5 Å². The van der Waals surface area contributed by atoms with Crippen LogP contribution < -0.4 is 0 Å². The average Bonchev–Trinajstić information content (AvgIpc) is 2.49. The minimum atomic E-state index is -0.196. The summed E-state index contributed by atoms with van der Waals surface area (Å²) < 4.78 is 9.73. The van der Waals surface area contributed by atoms with Gasteiger partial charge in [0.15, 0.2) is 0 Å². The fraction of sp³-hybridized carbons (Fsp3) is 0.571. The van der Waals surface area contributed by atoms with Gasteiger partial charge in [0, 0.05) is 23.0 Å². The first-order valence-corrected chi connectivity index (χ1v) is 9.93. The van der Waals surface area contributed by atoms with Gasteiger partial charge in [0.1, 0.15) is 13.2 Å². The van der Waals surface area contributed by atoms with Crippen molar-refractivity contribution < 1.29 is 19.1 Å². The summed E-state index contributed by atoms with van der Waals surface area (Å²) in [5.74, 6) is 4.19. The molecular weight excluding hydrogens is 328 g/mol. The van der Waals surface area contributed by atoms with Crippen LogP contribution in [0.1, 0.15) is 0 Å². The predicted molar refractivity (Wildman–Crippen MR) is 94.3 cm³/mol. The molecule has 0 rings (SSSR count). The molecule has 120 valence electrons. The molecule has 0 N–H and O–H groups in total. The van der Waals surface area contributed by atoms with E-state index in [0.717, 1.165) is 23.0 Å².